The van der Waals surface area contributed by atoms with Gasteiger partial charge < -0.3 is 15.7 Å². The third-order valence-electron chi connectivity index (χ3n) is 2.81. The summed E-state index contributed by atoms with van der Waals surface area (Å²) in [5.74, 6) is -0.305. The van der Waals surface area contributed by atoms with E-state index in [4.69, 9.17) is 0 Å². The average Bonchev–Trinajstić information content (AvgIpc) is 2.36. The molecule has 1 unspecified atom stereocenters. The highest BCUT2D eigenvalue weighted by molar-refractivity contribution is 5.72. The molecule has 0 heterocycles. The molecule has 0 radical (unpaired) electrons. The Bertz CT molecular complexity index is 424. The van der Waals surface area contributed by atoms with Crippen molar-refractivity contribution in [3.8, 4) is 0 Å². The first-order chi connectivity index (χ1) is 9.00. The molecule has 1 amide bonds. The fourth-order valence-electron chi connectivity index (χ4n) is 1.71. The number of halogens is 1. The second kappa shape index (κ2) is 7.86. The van der Waals surface area contributed by atoms with Crippen molar-refractivity contribution in [1.29, 1.82) is 0 Å². The monoisotopic (exact) mass is 268 g/mol. The summed E-state index contributed by atoms with van der Waals surface area (Å²) in [5, 5.41) is 15.7. The second-order valence-corrected chi connectivity index (χ2v) is 4.57. The molecule has 4 nitrogen and oxygen atoms in total. The van der Waals surface area contributed by atoms with E-state index >= 15 is 0 Å². The molecule has 0 saturated heterocycles. The van der Waals surface area contributed by atoms with Crippen LogP contribution in [0.5, 0.6) is 0 Å². The van der Waals surface area contributed by atoms with E-state index in [1.807, 2.05) is 0 Å². The summed E-state index contributed by atoms with van der Waals surface area (Å²) in [5.41, 5.74) is 1.23. The van der Waals surface area contributed by atoms with Crippen LogP contribution in [0.3, 0.4) is 0 Å². The van der Waals surface area contributed by atoms with Gasteiger partial charge in [0.25, 0.3) is 0 Å². The predicted molar refractivity (Wildman–Crippen MR) is 72.3 cm³/mol. The zero-order valence-corrected chi connectivity index (χ0v) is 11.4. The summed E-state index contributed by atoms with van der Waals surface area (Å²) in [6.07, 6.45) is 0.148. The van der Waals surface area contributed by atoms with E-state index in [0.29, 0.717) is 30.8 Å². The summed E-state index contributed by atoms with van der Waals surface area (Å²) >= 11 is 0. The van der Waals surface area contributed by atoms with Gasteiger partial charge in [0, 0.05) is 20.0 Å². The van der Waals surface area contributed by atoms with E-state index in [1.165, 1.54) is 13.0 Å². The van der Waals surface area contributed by atoms with Crippen molar-refractivity contribution < 1.29 is 14.3 Å². The lowest BCUT2D eigenvalue weighted by atomic mass is 10.1. The highest BCUT2D eigenvalue weighted by Gasteiger charge is 2.08. The average molecular weight is 268 g/mol. The van der Waals surface area contributed by atoms with Crippen molar-refractivity contribution in [2.75, 3.05) is 19.6 Å². The SMILES string of the molecule is CC(=O)NCCCNCC(O)c1ccc(F)c(C)c1. The van der Waals surface area contributed by atoms with Gasteiger partial charge in [-0.1, -0.05) is 12.1 Å². The zero-order chi connectivity index (χ0) is 14.3. The van der Waals surface area contributed by atoms with Gasteiger partial charge in [-0.25, -0.2) is 4.39 Å². The molecule has 1 rings (SSSR count). The van der Waals surface area contributed by atoms with E-state index in [1.54, 1.807) is 19.1 Å². The number of carbonyl (C=O) groups excluding carboxylic acids is 1. The number of aliphatic hydroxyl groups excluding tert-OH is 1. The van der Waals surface area contributed by atoms with E-state index in [-0.39, 0.29) is 11.7 Å². The second-order valence-electron chi connectivity index (χ2n) is 4.57. The number of carbonyl (C=O) groups is 1. The van der Waals surface area contributed by atoms with Crippen molar-refractivity contribution in [1.82, 2.24) is 10.6 Å². The van der Waals surface area contributed by atoms with Crippen LogP contribution in [0.4, 0.5) is 4.39 Å². The highest BCUT2D eigenvalue weighted by Crippen LogP contribution is 2.15. The molecule has 1 atom stereocenters. The Morgan fingerprint density at radius 2 is 2.16 bits per heavy atom. The van der Waals surface area contributed by atoms with Crippen LogP contribution in [-0.4, -0.2) is 30.6 Å². The van der Waals surface area contributed by atoms with Gasteiger partial charge in [-0.2, -0.15) is 0 Å². The van der Waals surface area contributed by atoms with Crippen LogP contribution in [-0.2, 0) is 4.79 Å². The Hall–Kier alpha value is -1.46. The first-order valence-electron chi connectivity index (χ1n) is 6.40. The van der Waals surface area contributed by atoms with Gasteiger partial charge in [0.15, 0.2) is 0 Å². The summed E-state index contributed by atoms with van der Waals surface area (Å²) in [6, 6.07) is 4.61. The maximum absolute atomic E-state index is 13.1. The molecule has 1 aromatic carbocycles. The maximum Gasteiger partial charge on any atom is 0.216 e. The van der Waals surface area contributed by atoms with Crippen LogP contribution in [0, 0.1) is 12.7 Å². The largest absolute Gasteiger partial charge is 0.387 e. The highest BCUT2D eigenvalue weighted by atomic mass is 19.1. The molecule has 0 aliphatic rings. The maximum atomic E-state index is 13.1. The van der Waals surface area contributed by atoms with Crippen molar-refractivity contribution in [2.45, 2.75) is 26.4 Å². The zero-order valence-electron chi connectivity index (χ0n) is 11.4. The van der Waals surface area contributed by atoms with Crippen LogP contribution in [0.25, 0.3) is 0 Å². The molecule has 0 spiro atoms. The molecule has 19 heavy (non-hydrogen) atoms. The number of nitrogens with one attached hydrogen (secondary N) is 2. The Kier molecular flexibility index (Phi) is 6.45. The molecule has 0 fully saturated rings. The van der Waals surface area contributed by atoms with Crippen LogP contribution in [0.15, 0.2) is 18.2 Å². The minimum absolute atomic E-state index is 0.0400. The number of hydrogen-bond acceptors (Lipinski definition) is 3. The fraction of sp³-hybridized carbons (Fsp3) is 0.500. The number of rotatable bonds is 7. The fourth-order valence-corrected chi connectivity index (χ4v) is 1.71. The summed E-state index contributed by atoms with van der Waals surface area (Å²) < 4.78 is 13.1. The number of benzene rings is 1. The molecular formula is C14H21FN2O2. The number of hydrogen-bond donors (Lipinski definition) is 3. The van der Waals surface area contributed by atoms with Crippen molar-refractivity contribution >= 4 is 5.91 Å². The van der Waals surface area contributed by atoms with Crippen molar-refractivity contribution in [3.05, 3.63) is 35.1 Å². The molecule has 0 aromatic heterocycles. The minimum Gasteiger partial charge on any atom is -0.387 e. The van der Waals surface area contributed by atoms with Gasteiger partial charge >= 0.3 is 0 Å². The Morgan fingerprint density at radius 1 is 1.42 bits per heavy atom. The molecule has 5 heteroatoms. The van der Waals surface area contributed by atoms with Crippen LogP contribution in [0.1, 0.15) is 30.6 Å². The van der Waals surface area contributed by atoms with E-state index < -0.39 is 6.10 Å². The lowest BCUT2D eigenvalue weighted by molar-refractivity contribution is -0.118. The van der Waals surface area contributed by atoms with Gasteiger partial charge in [-0.05, 0) is 37.1 Å². The standard InChI is InChI=1S/C14H21FN2O2/c1-10-8-12(4-5-13(10)15)14(19)9-16-6-3-7-17-11(2)18/h4-5,8,14,16,19H,3,6-7,9H2,1-2H3,(H,17,18). The Balaban J connectivity index is 2.25. The molecule has 1 aromatic rings. The van der Waals surface area contributed by atoms with Gasteiger partial charge in [0.05, 0.1) is 6.10 Å². The molecule has 106 valence electrons. The van der Waals surface area contributed by atoms with E-state index in [0.717, 1.165) is 6.42 Å². The normalized spacial score (nSPS) is 12.2. The molecule has 3 N–H and O–H groups in total. The summed E-state index contributed by atoms with van der Waals surface area (Å²) in [4.78, 5) is 10.6. The van der Waals surface area contributed by atoms with Gasteiger partial charge in [-0.15, -0.1) is 0 Å². The van der Waals surface area contributed by atoms with Crippen LogP contribution < -0.4 is 10.6 Å². The molecule has 0 bridgehead atoms. The third kappa shape index (κ3) is 5.81. The Morgan fingerprint density at radius 3 is 2.79 bits per heavy atom. The van der Waals surface area contributed by atoms with Crippen LogP contribution >= 0.6 is 0 Å². The first kappa shape index (κ1) is 15.6. The lowest BCUT2D eigenvalue weighted by Crippen LogP contribution is -2.27. The molecule has 0 aliphatic carbocycles. The van der Waals surface area contributed by atoms with Gasteiger partial charge in [-0.3, -0.25) is 4.79 Å². The smallest absolute Gasteiger partial charge is 0.216 e. The molecule has 0 aliphatic heterocycles. The first-order valence-corrected chi connectivity index (χ1v) is 6.40. The van der Waals surface area contributed by atoms with Gasteiger partial charge in [0.2, 0.25) is 5.91 Å². The third-order valence-corrected chi connectivity index (χ3v) is 2.81. The van der Waals surface area contributed by atoms with Crippen molar-refractivity contribution in [3.63, 3.8) is 0 Å². The van der Waals surface area contributed by atoms with Crippen LogP contribution in [0.2, 0.25) is 0 Å². The van der Waals surface area contributed by atoms with Gasteiger partial charge in [0.1, 0.15) is 5.82 Å². The molecule has 0 saturated carbocycles. The van der Waals surface area contributed by atoms with E-state index in [2.05, 4.69) is 10.6 Å². The number of amides is 1. The predicted octanol–water partition coefficient (Wildman–Crippen LogP) is 1.28. The quantitative estimate of drug-likeness (QED) is 0.653. The topological polar surface area (TPSA) is 61.4 Å². The number of aryl methyl sites for hydroxylation is 1. The number of aliphatic hydroxyl groups is 1. The Labute approximate surface area is 113 Å². The lowest BCUT2D eigenvalue weighted by Gasteiger charge is -2.13. The van der Waals surface area contributed by atoms with E-state index in [9.17, 15) is 14.3 Å². The molecular weight excluding hydrogens is 247 g/mol. The minimum atomic E-state index is -0.653. The summed E-state index contributed by atoms with van der Waals surface area (Å²) in [7, 11) is 0. The summed E-state index contributed by atoms with van der Waals surface area (Å²) in [6.45, 7) is 4.89. The van der Waals surface area contributed by atoms with Crippen molar-refractivity contribution in [2.24, 2.45) is 0 Å².